The van der Waals surface area contributed by atoms with E-state index in [1.807, 2.05) is 0 Å². The van der Waals surface area contributed by atoms with Crippen LogP contribution in [-0.4, -0.2) is 29.6 Å². The summed E-state index contributed by atoms with van der Waals surface area (Å²) < 4.78 is 0. The van der Waals surface area contributed by atoms with Crippen LogP contribution < -0.4 is 0 Å². The quantitative estimate of drug-likeness (QED) is 0.128. The molecule has 1 aliphatic rings. The molecule has 0 saturated carbocycles. The van der Waals surface area contributed by atoms with E-state index in [2.05, 4.69) is 36.0 Å². The molecule has 190 valence electrons. The molecule has 0 atom stereocenters. The van der Waals surface area contributed by atoms with Crippen LogP contribution in [0.4, 0.5) is 0 Å². The summed E-state index contributed by atoms with van der Waals surface area (Å²) in [4.78, 5) is 5.04. The second kappa shape index (κ2) is 23.5. The highest BCUT2D eigenvalue weighted by Gasteiger charge is 2.10. The molecule has 0 amide bonds. The summed E-state index contributed by atoms with van der Waals surface area (Å²) in [6.45, 7) is 8.24. The Bertz CT molecular complexity index is 392. The van der Waals surface area contributed by atoms with Gasteiger partial charge in [-0.2, -0.15) is 0 Å². The van der Waals surface area contributed by atoms with Gasteiger partial charge in [-0.3, -0.25) is 0 Å². The number of unbranched alkanes of at least 4 members (excludes halogenated alkanes) is 21. The van der Waals surface area contributed by atoms with E-state index in [1.54, 1.807) is 0 Å². The molecule has 1 aliphatic heterocycles. The second-order valence-corrected chi connectivity index (χ2v) is 10.5. The third-order valence-electron chi connectivity index (χ3n) is 7.20. The summed E-state index contributed by atoms with van der Waals surface area (Å²) in [6, 6.07) is 0. The maximum atomic E-state index is 2.52. The molecule has 1 rings (SSSR count). The van der Waals surface area contributed by atoms with Crippen LogP contribution in [0.1, 0.15) is 162 Å². The van der Waals surface area contributed by atoms with Crippen molar-refractivity contribution in [2.75, 3.05) is 19.8 Å². The van der Waals surface area contributed by atoms with E-state index in [1.165, 1.54) is 161 Å². The zero-order valence-electron chi connectivity index (χ0n) is 22.4. The smallest absolute Gasteiger partial charge is 0.0893 e. The highest BCUT2D eigenvalue weighted by atomic mass is 15.3. The van der Waals surface area contributed by atoms with E-state index >= 15 is 0 Å². The Morgan fingerprint density at radius 2 is 0.625 bits per heavy atom. The number of nitrogens with zero attached hydrogens (tertiary/aromatic N) is 2. The van der Waals surface area contributed by atoms with Gasteiger partial charge < -0.3 is 9.80 Å². The summed E-state index contributed by atoms with van der Waals surface area (Å²) in [5, 5.41) is 0. The predicted molar refractivity (Wildman–Crippen MR) is 145 cm³/mol. The largest absolute Gasteiger partial charge is 0.359 e. The summed E-state index contributed by atoms with van der Waals surface area (Å²) in [6.07, 6.45) is 37.7. The van der Waals surface area contributed by atoms with Crippen molar-refractivity contribution in [3.05, 3.63) is 12.4 Å². The van der Waals surface area contributed by atoms with Crippen LogP contribution >= 0.6 is 0 Å². The molecule has 32 heavy (non-hydrogen) atoms. The van der Waals surface area contributed by atoms with Gasteiger partial charge in [0, 0.05) is 25.5 Å². The van der Waals surface area contributed by atoms with Gasteiger partial charge in [-0.25, -0.2) is 0 Å². The highest BCUT2D eigenvalue weighted by Crippen LogP contribution is 2.15. The zero-order valence-corrected chi connectivity index (χ0v) is 22.4. The number of hydrogen-bond acceptors (Lipinski definition) is 2. The molecule has 0 N–H and O–H groups in total. The van der Waals surface area contributed by atoms with Crippen molar-refractivity contribution in [1.82, 2.24) is 9.80 Å². The van der Waals surface area contributed by atoms with E-state index < -0.39 is 0 Å². The average molecular weight is 449 g/mol. The van der Waals surface area contributed by atoms with Crippen LogP contribution in [0.25, 0.3) is 0 Å². The molecular weight excluding hydrogens is 388 g/mol. The fourth-order valence-corrected chi connectivity index (χ4v) is 4.94. The molecule has 2 nitrogen and oxygen atoms in total. The first-order valence-corrected chi connectivity index (χ1v) is 15.0. The van der Waals surface area contributed by atoms with Crippen molar-refractivity contribution in [1.29, 1.82) is 0 Å². The Balaban J connectivity index is 1.76. The van der Waals surface area contributed by atoms with Crippen LogP contribution in [0.2, 0.25) is 0 Å². The van der Waals surface area contributed by atoms with Gasteiger partial charge >= 0.3 is 0 Å². The van der Waals surface area contributed by atoms with Gasteiger partial charge in [-0.05, 0) is 12.8 Å². The second-order valence-electron chi connectivity index (χ2n) is 10.5. The first-order valence-electron chi connectivity index (χ1n) is 15.0. The molecule has 0 fully saturated rings. The van der Waals surface area contributed by atoms with E-state index in [0.29, 0.717) is 0 Å². The lowest BCUT2D eigenvalue weighted by Crippen LogP contribution is -2.26. The summed E-state index contributed by atoms with van der Waals surface area (Å²) in [5.41, 5.74) is 0. The van der Waals surface area contributed by atoms with E-state index in [4.69, 9.17) is 0 Å². The lowest BCUT2D eigenvalue weighted by Gasteiger charge is -2.21. The van der Waals surface area contributed by atoms with Crippen molar-refractivity contribution in [2.45, 2.75) is 162 Å². The Hall–Kier alpha value is -0.660. The first kappa shape index (κ1) is 29.4. The molecule has 0 aromatic rings. The van der Waals surface area contributed by atoms with Gasteiger partial charge in [0.2, 0.25) is 0 Å². The Morgan fingerprint density at radius 3 is 0.906 bits per heavy atom. The minimum atomic E-state index is 1.13. The standard InChI is InChI=1S/C30H60N2/c1-3-5-7-9-11-13-14-15-16-17-18-19-21-23-25-27-32-29-28-31(30-32)26-24-22-20-12-10-8-6-4-2/h28-29H,3-27,30H2,1-2H3. The van der Waals surface area contributed by atoms with E-state index in [0.717, 1.165) is 6.67 Å². The molecule has 0 bridgehead atoms. The Morgan fingerprint density at radius 1 is 0.375 bits per heavy atom. The van der Waals surface area contributed by atoms with Gasteiger partial charge in [-0.1, -0.05) is 149 Å². The molecule has 0 aromatic carbocycles. The monoisotopic (exact) mass is 448 g/mol. The Kier molecular flexibility index (Phi) is 21.6. The predicted octanol–water partition coefficient (Wildman–Crippen LogP) is 10.0. The molecule has 2 heteroatoms. The van der Waals surface area contributed by atoms with E-state index in [-0.39, 0.29) is 0 Å². The van der Waals surface area contributed by atoms with Crippen molar-refractivity contribution in [3.63, 3.8) is 0 Å². The van der Waals surface area contributed by atoms with Gasteiger partial charge in [0.15, 0.2) is 0 Å². The normalized spacial score (nSPS) is 13.6. The Labute approximate surface area is 203 Å². The zero-order chi connectivity index (χ0) is 23.0. The van der Waals surface area contributed by atoms with Crippen LogP contribution in [0, 0.1) is 0 Å². The molecule has 0 radical (unpaired) electrons. The topological polar surface area (TPSA) is 6.48 Å². The molecule has 0 unspecified atom stereocenters. The summed E-state index contributed by atoms with van der Waals surface area (Å²) in [7, 11) is 0. The fourth-order valence-electron chi connectivity index (χ4n) is 4.94. The number of hydrogen-bond donors (Lipinski definition) is 0. The summed E-state index contributed by atoms with van der Waals surface area (Å²) in [5.74, 6) is 0. The first-order chi connectivity index (χ1) is 15.9. The maximum Gasteiger partial charge on any atom is 0.0893 e. The van der Waals surface area contributed by atoms with Crippen molar-refractivity contribution in [2.24, 2.45) is 0 Å². The SMILES string of the molecule is CCCCCCCCCCCCCCCCCN1C=CN(CCCCCCCCCC)C1. The lowest BCUT2D eigenvalue weighted by atomic mass is 10.0. The van der Waals surface area contributed by atoms with E-state index in [9.17, 15) is 0 Å². The molecular formula is C30H60N2. The van der Waals surface area contributed by atoms with Crippen molar-refractivity contribution >= 4 is 0 Å². The third-order valence-corrected chi connectivity index (χ3v) is 7.20. The maximum absolute atomic E-state index is 2.52. The van der Waals surface area contributed by atoms with Gasteiger partial charge in [0.05, 0.1) is 6.67 Å². The fraction of sp³-hybridized carbons (Fsp3) is 0.933. The minimum absolute atomic E-state index is 1.13. The average Bonchev–Trinajstić information content (AvgIpc) is 3.26. The van der Waals surface area contributed by atoms with Crippen LogP contribution in [0.5, 0.6) is 0 Å². The number of rotatable bonds is 25. The van der Waals surface area contributed by atoms with Gasteiger partial charge in [-0.15, -0.1) is 0 Å². The molecule has 0 aliphatic carbocycles. The molecule has 0 aromatic heterocycles. The lowest BCUT2D eigenvalue weighted by molar-refractivity contribution is 0.257. The van der Waals surface area contributed by atoms with Crippen molar-refractivity contribution in [3.8, 4) is 0 Å². The van der Waals surface area contributed by atoms with Crippen LogP contribution in [-0.2, 0) is 0 Å². The van der Waals surface area contributed by atoms with Gasteiger partial charge in [0.1, 0.15) is 0 Å². The minimum Gasteiger partial charge on any atom is -0.359 e. The summed E-state index contributed by atoms with van der Waals surface area (Å²) >= 11 is 0. The molecule has 0 spiro atoms. The molecule has 0 saturated heterocycles. The molecule has 1 heterocycles. The van der Waals surface area contributed by atoms with Crippen LogP contribution in [0.15, 0.2) is 12.4 Å². The van der Waals surface area contributed by atoms with Crippen LogP contribution in [0.3, 0.4) is 0 Å². The van der Waals surface area contributed by atoms with Gasteiger partial charge in [0.25, 0.3) is 0 Å². The third kappa shape index (κ3) is 18.9. The highest BCUT2D eigenvalue weighted by molar-refractivity contribution is 4.90. The van der Waals surface area contributed by atoms with Crippen molar-refractivity contribution < 1.29 is 0 Å².